The van der Waals surface area contributed by atoms with Crippen molar-refractivity contribution in [1.29, 1.82) is 0 Å². The van der Waals surface area contributed by atoms with Gasteiger partial charge in [0.1, 0.15) is 36.4 Å². The van der Waals surface area contributed by atoms with Gasteiger partial charge in [0, 0.05) is 31.0 Å². The van der Waals surface area contributed by atoms with E-state index in [0.717, 1.165) is 36.5 Å². The Labute approximate surface area is 267 Å². The van der Waals surface area contributed by atoms with Crippen LogP contribution in [0.3, 0.4) is 0 Å². The van der Waals surface area contributed by atoms with Crippen molar-refractivity contribution < 1.29 is 50.7 Å². The van der Waals surface area contributed by atoms with Crippen molar-refractivity contribution >= 4 is 56.5 Å². The molecule has 1 unspecified atom stereocenters. The van der Waals surface area contributed by atoms with Crippen molar-refractivity contribution in [3.8, 4) is 5.75 Å². The Balaban J connectivity index is 0.00000154. The lowest BCUT2D eigenvalue weighted by molar-refractivity contribution is -0.511. The van der Waals surface area contributed by atoms with Crippen molar-refractivity contribution in [3.63, 3.8) is 0 Å². The van der Waals surface area contributed by atoms with Gasteiger partial charge in [0.25, 0.3) is 23.9 Å². The third-order valence-electron chi connectivity index (χ3n) is 7.33. The number of rotatable bonds is 12. The molecule has 3 aromatic rings. The summed E-state index contributed by atoms with van der Waals surface area (Å²) in [5.41, 5.74) is 6.56. The summed E-state index contributed by atoms with van der Waals surface area (Å²) in [5, 5.41) is 15.4. The summed E-state index contributed by atoms with van der Waals surface area (Å²) in [6.45, 7) is 4.93. The van der Waals surface area contributed by atoms with E-state index in [-0.39, 0.29) is 36.2 Å². The maximum Gasteiger partial charge on any atom is 0.418 e. The van der Waals surface area contributed by atoms with Gasteiger partial charge in [-0.2, -0.15) is 17.9 Å². The molecule has 0 spiro atoms. The molecule has 18 nitrogen and oxygen atoms in total. The van der Waals surface area contributed by atoms with Crippen LogP contribution in [0.2, 0.25) is 0 Å². The zero-order chi connectivity index (χ0) is 33.8. The second-order valence-corrected chi connectivity index (χ2v) is 13.0. The van der Waals surface area contributed by atoms with E-state index in [9.17, 15) is 18.0 Å². The second kappa shape index (κ2) is 14.0. The number of oxime groups is 1. The fourth-order valence-electron chi connectivity index (χ4n) is 5.13. The summed E-state index contributed by atoms with van der Waals surface area (Å²) >= 11 is 1.08. The number of carboxylic acid groups (broad SMARTS) is 1. The number of nitrogens with two attached hydrogens (primary N) is 1. The highest BCUT2D eigenvalue weighted by atomic mass is 32.3. The van der Waals surface area contributed by atoms with E-state index >= 15 is 0 Å². The van der Waals surface area contributed by atoms with Crippen LogP contribution in [0.5, 0.6) is 5.75 Å². The van der Waals surface area contributed by atoms with Gasteiger partial charge in [-0.1, -0.05) is 5.16 Å². The van der Waals surface area contributed by atoms with Crippen LogP contribution in [0.1, 0.15) is 25.2 Å². The Hall–Kier alpha value is -4.37. The average molecular weight is 684 g/mol. The molecule has 5 heterocycles. The highest BCUT2D eigenvalue weighted by Gasteiger charge is 2.58. The zero-order valence-electron chi connectivity index (χ0n) is 25.4. The molecule has 2 aliphatic heterocycles. The first-order valence-corrected chi connectivity index (χ1v) is 16.0. The number of ether oxygens (including phenoxy) is 1. The number of pyridine rings is 1. The minimum absolute atomic E-state index is 0.0157. The molecule has 20 heteroatoms. The number of imidazole rings is 1. The molecular weight excluding hydrogens is 648 g/mol. The number of hydrogen-bond donors (Lipinski definition) is 4. The molecule has 2 amide bonds. The minimum Gasteiger partial charge on any atom is -0.486 e. The van der Waals surface area contributed by atoms with Crippen LogP contribution < -0.4 is 20.2 Å². The van der Waals surface area contributed by atoms with E-state index in [2.05, 4.69) is 42.5 Å². The lowest BCUT2D eigenvalue weighted by atomic mass is 9.84. The van der Waals surface area contributed by atoms with Gasteiger partial charge in [0.05, 0.1) is 12.6 Å². The van der Waals surface area contributed by atoms with Crippen LogP contribution in [0.4, 0.5) is 5.13 Å². The summed E-state index contributed by atoms with van der Waals surface area (Å²) in [5.74, 6) is -0.430. The summed E-state index contributed by atoms with van der Waals surface area (Å²) < 4.78 is 45.4. The number of carbonyl (C=O) groups is 3. The number of amides is 2. The average Bonchev–Trinajstić information content (AvgIpc) is 3.53. The normalized spacial score (nSPS) is 18.3. The number of likely N-dealkylation sites (tertiary alicyclic amines) is 1. The lowest BCUT2D eigenvalue weighted by Gasteiger charge is -2.50. The molecule has 3 aromatic heterocycles. The fraction of sp³-hybridized carbons (Fsp3) is 0.462. The van der Waals surface area contributed by atoms with Gasteiger partial charge in [-0.3, -0.25) is 18.9 Å². The SMILES string of the molecule is CN1CC(Cc2c[n+]3cc(OCCO/N=C(\C(=O)NC4C(=O)N(OS(=O)(=O)O)C4(C)C)c4csc(N)n4)ccc3n2C)C1.O=CO. The Morgan fingerprint density at radius 3 is 2.57 bits per heavy atom. The van der Waals surface area contributed by atoms with Crippen LogP contribution in [0, 0.1) is 5.92 Å². The maximum atomic E-state index is 13.1. The lowest BCUT2D eigenvalue weighted by Crippen LogP contribution is -2.76. The smallest absolute Gasteiger partial charge is 0.418 e. The quantitative estimate of drug-likeness (QED) is 0.0350. The highest BCUT2D eigenvalue weighted by Crippen LogP contribution is 2.33. The topological polar surface area (TPSA) is 232 Å². The van der Waals surface area contributed by atoms with Crippen molar-refractivity contribution in [2.24, 2.45) is 18.1 Å². The summed E-state index contributed by atoms with van der Waals surface area (Å²) in [7, 11) is -0.771. The Morgan fingerprint density at radius 1 is 1.28 bits per heavy atom. The first kappa shape index (κ1) is 34.5. The number of hydroxylamine groups is 2. The van der Waals surface area contributed by atoms with Gasteiger partial charge in [0.2, 0.25) is 0 Å². The molecule has 2 saturated heterocycles. The number of fused-ring (bicyclic) bond motifs is 1. The van der Waals surface area contributed by atoms with E-state index in [1.807, 2.05) is 29.8 Å². The number of nitrogens with zero attached hydrogens (tertiary/aromatic N) is 6. The molecular formula is C26H35N8O10S2+. The zero-order valence-corrected chi connectivity index (χ0v) is 27.0. The summed E-state index contributed by atoms with van der Waals surface area (Å²) in [6, 6.07) is 2.65. The Kier molecular flexibility index (Phi) is 10.5. The van der Waals surface area contributed by atoms with Gasteiger partial charge in [-0.25, -0.2) is 9.55 Å². The molecule has 2 aliphatic rings. The third-order valence-corrected chi connectivity index (χ3v) is 8.34. The number of carbonyl (C=O) groups excluding carboxylic acids is 2. The molecule has 0 saturated carbocycles. The van der Waals surface area contributed by atoms with Gasteiger partial charge >= 0.3 is 10.4 Å². The van der Waals surface area contributed by atoms with Crippen molar-refractivity contribution in [2.45, 2.75) is 31.8 Å². The number of thiazole rings is 1. The largest absolute Gasteiger partial charge is 0.486 e. The van der Waals surface area contributed by atoms with Gasteiger partial charge in [0.15, 0.2) is 23.2 Å². The van der Waals surface area contributed by atoms with Crippen molar-refractivity contribution in [3.05, 3.63) is 41.3 Å². The molecule has 46 heavy (non-hydrogen) atoms. The van der Waals surface area contributed by atoms with Crippen LogP contribution >= 0.6 is 11.3 Å². The van der Waals surface area contributed by atoms with Gasteiger partial charge in [-0.15, -0.1) is 15.6 Å². The molecule has 1 atom stereocenters. The maximum absolute atomic E-state index is 13.1. The van der Waals surface area contributed by atoms with E-state index in [0.29, 0.717) is 16.7 Å². The third kappa shape index (κ3) is 7.88. The van der Waals surface area contributed by atoms with Gasteiger partial charge < -0.3 is 30.6 Å². The van der Waals surface area contributed by atoms with Crippen molar-refractivity contribution in [1.82, 2.24) is 24.8 Å². The Morgan fingerprint density at radius 2 is 1.98 bits per heavy atom. The number of nitrogen functional groups attached to an aromatic ring is 1. The molecule has 0 radical (unpaired) electrons. The second-order valence-electron chi connectivity index (χ2n) is 11.1. The molecule has 5 N–H and O–H groups in total. The van der Waals surface area contributed by atoms with E-state index in [1.165, 1.54) is 24.9 Å². The van der Waals surface area contributed by atoms with E-state index < -0.39 is 33.8 Å². The van der Waals surface area contributed by atoms with Crippen LogP contribution in [0.15, 0.2) is 35.1 Å². The monoisotopic (exact) mass is 683 g/mol. The fourth-order valence-corrected chi connectivity index (χ4v) is 6.13. The van der Waals surface area contributed by atoms with Crippen molar-refractivity contribution in [2.75, 3.05) is 39.1 Å². The van der Waals surface area contributed by atoms with E-state index in [4.69, 9.17) is 29.8 Å². The first-order chi connectivity index (χ1) is 21.6. The number of β-lactam (4-membered cyclic amide) rings is 1. The van der Waals surface area contributed by atoms with Crippen LogP contribution in [0.25, 0.3) is 5.65 Å². The predicted molar refractivity (Wildman–Crippen MR) is 162 cm³/mol. The standard InChI is InChI=1S/C25H32N8O8S2.CH2O2/c1-25(2)21(23(35)33(25)41-43(36,37)38)28-22(34)20(18-14-42-24(26)27-18)29-40-8-7-39-17-5-6-19-31(4)16(12-32(19)13-17)9-15-10-30(3)11-15;2-1-3/h5-6,12-15,21H,7-11H2,1-4H3,(H3-,26,27,28,34,36,37,38);1H,(H,2,3)/p+1/b29-20-;. The highest BCUT2D eigenvalue weighted by molar-refractivity contribution is 7.80. The number of anilines is 1. The first-order valence-electron chi connectivity index (χ1n) is 13.8. The molecule has 0 aliphatic carbocycles. The molecule has 2 fully saturated rings. The molecule has 250 valence electrons. The summed E-state index contributed by atoms with van der Waals surface area (Å²) in [6.07, 6.45) is 5.00. The molecule has 0 aromatic carbocycles. The number of nitrogens with one attached hydrogen (secondary N) is 1. The Bertz CT molecular complexity index is 1730. The number of hydrogen-bond acceptors (Lipinski definition) is 13. The molecule has 0 bridgehead atoms. The van der Waals surface area contributed by atoms with E-state index in [1.54, 1.807) is 0 Å². The minimum atomic E-state index is -4.94. The molecule has 5 rings (SSSR count). The number of aromatic nitrogens is 3. The predicted octanol–water partition coefficient (Wildman–Crippen LogP) is -0.753. The van der Waals surface area contributed by atoms with Gasteiger partial charge in [-0.05, 0) is 32.9 Å². The number of aryl methyl sites for hydroxylation is 1. The van der Waals surface area contributed by atoms with Crippen LogP contribution in [-0.4, -0.2) is 107 Å². The van der Waals surface area contributed by atoms with Crippen LogP contribution in [-0.2, 0) is 47.4 Å². The summed E-state index contributed by atoms with van der Waals surface area (Å²) in [4.78, 5) is 45.7.